The third-order valence-corrected chi connectivity index (χ3v) is 7.66. The van der Waals surface area contributed by atoms with Gasteiger partial charge in [-0.2, -0.15) is 5.26 Å². The first-order valence-electron chi connectivity index (χ1n) is 14.3. The van der Waals surface area contributed by atoms with Crippen molar-refractivity contribution in [3.05, 3.63) is 108 Å². The van der Waals surface area contributed by atoms with Crippen molar-refractivity contribution >= 4 is 11.7 Å². The second-order valence-electron chi connectivity index (χ2n) is 10.5. The molecule has 0 atom stereocenters. The predicted molar refractivity (Wildman–Crippen MR) is 162 cm³/mol. The van der Waals surface area contributed by atoms with Crippen molar-refractivity contribution in [3.8, 4) is 22.9 Å². The predicted octanol–water partition coefficient (Wildman–Crippen LogP) is 6.76. The van der Waals surface area contributed by atoms with Crippen molar-refractivity contribution in [2.75, 3.05) is 19.0 Å². The van der Waals surface area contributed by atoms with E-state index in [1.54, 1.807) is 19.4 Å². The number of ether oxygens (including phenoxy) is 2. The zero-order valence-electron chi connectivity index (χ0n) is 23.8. The van der Waals surface area contributed by atoms with E-state index in [1.807, 2.05) is 42.5 Å². The first-order chi connectivity index (χ1) is 20.6. The van der Waals surface area contributed by atoms with Crippen molar-refractivity contribution < 1.29 is 14.3 Å². The molecule has 1 aromatic heterocycles. The Balaban J connectivity index is 1.17. The van der Waals surface area contributed by atoms with Gasteiger partial charge in [-0.1, -0.05) is 67.8 Å². The SMILES string of the molecule is COCCc1ccc(OCc2ccc(-c3ccc(NC(=O)NC4(c5ccnc(C#N)n5)CCCCC4)cc3)cc2)cc1. The Morgan fingerprint density at radius 2 is 1.57 bits per heavy atom. The molecule has 1 aliphatic rings. The molecular formula is C34H35N5O3. The summed E-state index contributed by atoms with van der Waals surface area (Å²) >= 11 is 0. The van der Waals surface area contributed by atoms with Gasteiger partial charge in [-0.25, -0.2) is 14.8 Å². The van der Waals surface area contributed by atoms with E-state index in [2.05, 4.69) is 57.0 Å². The average Bonchev–Trinajstić information content (AvgIpc) is 3.04. The fourth-order valence-corrected chi connectivity index (χ4v) is 5.34. The summed E-state index contributed by atoms with van der Waals surface area (Å²) in [5.74, 6) is 0.949. The van der Waals surface area contributed by atoms with Crippen LogP contribution in [0.4, 0.5) is 10.5 Å². The molecule has 214 valence electrons. The molecule has 0 unspecified atom stereocenters. The molecule has 0 aliphatic heterocycles. The summed E-state index contributed by atoms with van der Waals surface area (Å²) in [5, 5.41) is 15.4. The lowest BCUT2D eigenvalue weighted by Crippen LogP contribution is -2.49. The van der Waals surface area contributed by atoms with Crippen LogP contribution in [0.2, 0.25) is 0 Å². The van der Waals surface area contributed by atoms with E-state index in [-0.39, 0.29) is 11.9 Å². The van der Waals surface area contributed by atoms with E-state index in [1.165, 1.54) is 5.56 Å². The number of aromatic nitrogens is 2. The number of carbonyl (C=O) groups excluding carboxylic acids is 1. The number of nitrogens with one attached hydrogen (secondary N) is 2. The van der Waals surface area contributed by atoms with Gasteiger partial charge >= 0.3 is 6.03 Å². The highest BCUT2D eigenvalue weighted by Crippen LogP contribution is 2.36. The fraction of sp³-hybridized carbons (Fsp3) is 0.294. The van der Waals surface area contributed by atoms with E-state index < -0.39 is 5.54 Å². The fourth-order valence-electron chi connectivity index (χ4n) is 5.34. The molecule has 1 aliphatic carbocycles. The van der Waals surface area contributed by atoms with Crippen molar-refractivity contribution in [1.29, 1.82) is 5.26 Å². The minimum atomic E-state index is -0.615. The Bertz CT molecular complexity index is 1510. The van der Waals surface area contributed by atoms with Crippen molar-refractivity contribution in [1.82, 2.24) is 15.3 Å². The van der Waals surface area contributed by atoms with Gasteiger partial charge in [-0.3, -0.25) is 0 Å². The summed E-state index contributed by atoms with van der Waals surface area (Å²) in [6, 6.07) is 27.7. The number of methoxy groups -OCH3 is 1. The highest BCUT2D eigenvalue weighted by atomic mass is 16.5. The number of nitrogens with zero attached hydrogens (tertiary/aromatic N) is 3. The molecule has 1 heterocycles. The van der Waals surface area contributed by atoms with Crippen LogP contribution in [0.3, 0.4) is 0 Å². The van der Waals surface area contributed by atoms with E-state index >= 15 is 0 Å². The molecule has 8 nitrogen and oxygen atoms in total. The van der Waals surface area contributed by atoms with Gasteiger partial charge in [0.15, 0.2) is 0 Å². The second-order valence-corrected chi connectivity index (χ2v) is 10.5. The Labute approximate surface area is 246 Å². The maximum atomic E-state index is 13.1. The quantitative estimate of drug-likeness (QED) is 0.221. The molecule has 0 spiro atoms. The van der Waals surface area contributed by atoms with Crippen LogP contribution in [0.1, 0.15) is 54.7 Å². The number of urea groups is 1. The molecule has 2 N–H and O–H groups in total. The highest BCUT2D eigenvalue weighted by molar-refractivity contribution is 5.90. The van der Waals surface area contributed by atoms with Crippen LogP contribution in [-0.2, 0) is 23.3 Å². The number of anilines is 1. The smallest absolute Gasteiger partial charge is 0.319 e. The van der Waals surface area contributed by atoms with E-state index in [0.717, 1.165) is 61.0 Å². The van der Waals surface area contributed by atoms with Gasteiger partial charge in [0, 0.05) is 19.0 Å². The molecule has 1 saturated carbocycles. The van der Waals surface area contributed by atoms with Crippen LogP contribution >= 0.6 is 0 Å². The summed E-state index contributed by atoms with van der Waals surface area (Å²) in [4.78, 5) is 21.5. The molecule has 1 fully saturated rings. The van der Waals surface area contributed by atoms with E-state index in [0.29, 0.717) is 24.6 Å². The zero-order chi connectivity index (χ0) is 29.2. The summed E-state index contributed by atoms with van der Waals surface area (Å²) in [5.41, 5.74) is 5.20. The first kappa shape index (κ1) is 28.8. The topological polar surface area (TPSA) is 109 Å². The van der Waals surface area contributed by atoms with Crippen LogP contribution in [0.5, 0.6) is 5.75 Å². The van der Waals surface area contributed by atoms with Gasteiger partial charge in [0.05, 0.1) is 17.8 Å². The van der Waals surface area contributed by atoms with Crippen LogP contribution in [0.25, 0.3) is 11.1 Å². The molecular weight excluding hydrogens is 526 g/mol. The first-order valence-corrected chi connectivity index (χ1v) is 14.3. The standard InChI is InChI=1S/C34H35N5O3/c1-41-22-18-25-7-15-30(16-8-25)42-24-26-5-9-27(10-6-26)28-11-13-29(14-12-28)37-33(40)39-34(19-3-2-4-20-34)31-17-21-36-32(23-35)38-31/h5-17,21H,2-4,18-20,22,24H2,1H3,(H2,37,39,40). The lowest BCUT2D eigenvalue weighted by molar-refractivity contribution is 0.202. The molecule has 42 heavy (non-hydrogen) atoms. The molecule has 5 rings (SSSR count). The number of carbonyl (C=O) groups is 1. The third kappa shape index (κ3) is 7.31. The molecule has 0 radical (unpaired) electrons. The number of rotatable bonds is 10. The minimum Gasteiger partial charge on any atom is -0.489 e. The number of hydrogen-bond acceptors (Lipinski definition) is 6. The molecule has 2 amide bonds. The zero-order valence-corrected chi connectivity index (χ0v) is 23.8. The number of nitriles is 1. The van der Waals surface area contributed by atoms with Gasteiger partial charge in [0.25, 0.3) is 0 Å². The second kappa shape index (κ2) is 13.7. The lowest BCUT2D eigenvalue weighted by Gasteiger charge is -2.37. The maximum Gasteiger partial charge on any atom is 0.319 e. The summed E-state index contributed by atoms with van der Waals surface area (Å²) in [7, 11) is 1.71. The molecule has 0 saturated heterocycles. The molecule has 4 aromatic rings. The van der Waals surface area contributed by atoms with Gasteiger partial charge < -0.3 is 20.1 Å². The van der Waals surface area contributed by atoms with Crippen molar-refractivity contribution in [2.45, 2.75) is 50.7 Å². The van der Waals surface area contributed by atoms with Crippen molar-refractivity contribution in [2.24, 2.45) is 0 Å². The Morgan fingerprint density at radius 1 is 0.905 bits per heavy atom. The number of hydrogen-bond donors (Lipinski definition) is 2. The monoisotopic (exact) mass is 561 g/mol. The summed E-state index contributed by atoms with van der Waals surface area (Å²) in [6.45, 7) is 1.20. The number of amides is 2. The summed E-state index contributed by atoms with van der Waals surface area (Å²) in [6.07, 6.45) is 7.08. The lowest BCUT2D eigenvalue weighted by atomic mass is 9.79. The van der Waals surface area contributed by atoms with E-state index in [9.17, 15) is 10.1 Å². The van der Waals surface area contributed by atoms with E-state index in [4.69, 9.17) is 9.47 Å². The highest BCUT2D eigenvalue weighted by Gasteiger charge is 2.37. The Kier molecular flexibility index (Phi) is 9.42. The largest absolute Gasteiger partial charge is 0.489 e. The van der Waals surface area contributed by atoms with Crippen molar-refractivity contribution in [3.63, 3.8) is 0 Å². The van der Waals surface area contributed by atoms with Gasteiger partial charge in [0.2, 0.25) is 5.82 Å². The van der Waals surface area contributed by atoms with Crippen LogP contribution in [0, 0.1) is 11.3 Å². The molecule has 0 bridgehead atoms. The van der Waals surface area contributed by atoms with Crippen LogP contribution in [0.15, 0.2) is 85.1 Å². The average molecular weight is 562 g/mol. The van der Waals surface area contributed by atoms with Gasteiger partial charge in [0.1, 0.15) is 18.4 Å². The normalized spacial score (nSPS) is 14.0. The minimum absolute atomic E-state index is 0.111. The van der Waals surface area contributed by atoms with Gasteiger partial charge in [-0.15, -0.1) is 0 Å². The molecule has 8 heteroatoms. The van der Waals surface area contributed by atoms with Gasteiger partial charge in [-0.05, 0) is 71.8 Å². The molecule has 3 aromatic carbocycles. The van der Waals surface area contributed by atoms with Crippen LogP contribution in [-0.4, -0.2) is 29.7 Å². The number of benzene rings is 3. The summed E-state index contributed by atoms with van der Waals surface area (Å²) < 4.78 is 11.1. The Morgan fingerprint density at radius 3 is 2.24 bits per heavy atom. The third-order valence-electron chi connectivity index (χ3n) is 7.66. The Hall–Kier alpha value is -4.74. The van der Waals surface area contributed by atoms with Crippen LogP contribution < -0.4 is 15.4 Å². The maximum absolute atomic E-state index is 13.1.